The molecule has 0 saturated heterocycles. The van der Waals surface area contributed by atoms with Gasteiger partial charge in [-0.25, -0.2) is 13.1 Å². The van der Waals surface area contributed by atoms with E-state index in [0.29, 0.717) is 11.1 Å². The molecule has 0 aromatic heterocycles. The van der Waals surface area contributed by atoms with E-state index in [0.717, 1.165) is 0 Å². The van der Waals surface area contributed by atoms with Gasteiger partial charge in [0.2, 0.25) is 10.0 Å². The molecule has 0 amide bonds. The highest BCUT2D eigenvalue weighted by Gasteiger charge is 2.15. The molecule has 0 heterocycles. The summed E-state index contributed by atoms with van der Waals surface area (Å²) < 4.78 is 26.2. The lowest BCUT2D eigenvalue weighted by atomic mass is 10.1. The highest BCUT2D eigenvalue weighted by atomic mass is 32.2. The highest BCUT2D eigenvalue weighted by molar-refractivity contribution is 7.89. The van der Waals surface area contributed by atoms with Crippen molar-refractivity contribution >= 4 is 10.0 Å². The minimum absolute atomic E-state index is 0.0673. The lowest BCUT2D eigenvalue weighted by molar-refractivity contribution is 0.572. The molecule has 1 aromatic rings. The maximum absolute atomic E-state index is 11.9. The lowest BCUT2D eigenvalue weighted by Crippen LogP contribution is -2.28. The van der Waals surface area contributed by atoms with Crippen LogP contribution in [0.15, 0.2) is 23.1 Å². The Morgan fingerprint density at radius 3 is 2.56 bits per heavy atom. The van der Waals surface area contributed by atoms with E-state index in [-0.39, 0.29) is 17.4 Å². The van der Waals surface area contributed by atoms with Crippen molar-refractivity contribution in [1.29, 1.82) is 10.5 Å². The molecule has 0 fully saturated rings. The van der Waals surface area contributed by atoms with Gasteiger partial charge in [0, 0.05) is 6.54 Å². The Morgan fingerprint density at radius 2 is 2.06 bits per heavy atom. The molecular formula is C12H13N3O2S. The summed E-state index contributed by atoms with van der Waals surface area (Å²) in [4.78, 5) is 0.101. The van der Waals surface area contributed by atoms with E-state index in [2.05, 4.69) is 4.72 Å². The number of rotatable bonds is 4. The van der Waals surface area contributed by atoms with Crippen molar-refractivity contribution in [2.24, 2.45) is 5.92 Å². The summed E-state index contributed by atoms with van der Waals surface area (Å²) in [6.45, 7) is 3.37. The second-order valence-electron chi connectivity index (χ2n) is 3.97. The molecule has 6 heteroatoms. The number of benzene rings is 1. The van der Waals surface area contributed by atoms with Crippen LogP contribution in [0.2, 0.25) is 0 Å². The molecule has 1 unspecified atom stereocenters. The van der Waals surface area contributed by atoms with Crippen molar-refractivity contribution in [2.75, 3.05) is 6.54 Å². The van der Waals surface area contributed by atoms with Gasteiger partial charge in [0.25, 0.3) is 0 Å². The summed E-state index contributed by atoms with van der Waals surface area (Å²) in [5, 5.41) is 17.4. The van der Waals surface area contributed by atoms with Gasteiger partial charge in [-0.15, -0.1) is 0 Å². The van der Waals surface area contributed by atoms with Gasteiger partial charge in [-0.3, -0.25) is 0 Å². The van der Waals surface area contributed by atoms with Crippen molar-refractivity contribution in [3.05, 3.63) is 29.3 Å². The summed E-state index contributed by atoms with van der Waals surface area (Å²) in [6.07, 6.45) is 0. The van der Waals surface area contributed by atoms with Crippen LogP contribution in [0.25, 0.3) is 0 Å². The second-order valence-corrected chi connectivity index (χ2v) is 5.74. The van der Waals surface area contributed by atoms with Crippen LogP contribution >= 0.6 is 0 Å². The zero-order valence-electron chi connectivity index (χ0n) is 10.1. The van der Waals surface area contributed by atoms with Crippen molar-refractivity contribution < 1.29 is 8.42 Å². The maximum Gasteiger partial charge on any atom is 0.240 e. The molecule has 1 aromatic carbocycles. The van der Waals surface area contributed by atoms with Crippen molar-refractivity contribution in [3.63, 3.8) is 0 Å². The van der Waals surface area contributed by atoms with E-state index in [1.807, 2.05) is 12.1 Å². The molecule has 0 aliphatic heterocycles. The van der Waals surface area contributed by atoms with Gasteiger partial charge in [0.05, 0.1) is 28.5 Å². The van der Waals surface area contributed by atoms with Crippen LogP contribution in [0.5, 0.6) is 0 Å². The molecule has 1 N–H and O–H groups in total. The topological polar surface area (TPSA) is 93.8 Å². The molecule has 0 bridgehead atoms. The van der Waals surface area contributed by atoms with E-state index in [1.54, 1.807) is 13.8 Å². The molecule has 18 heavy (non-hydrogen) atoms. The first kappa shape index (κ1) is 14.2. The van der Waals surface area contributed by atoms with Gasteiger partial charge in [-0.1, -0.05) is 0 Å². The van der Waals surface area contributed by atoms with Gasteiger partial charge in [-0.05, 0) is 37.6 Å². The number of nitrogens with one attached hydrogen (secondary N) is 1. The average Bonchev–Trinajstić information content (AvgIpc) is 2.35. The van der Waals surface area contributed by atoms with Crippen LogP contribution in [0, 0.1) is 35.5 Å². The van der Waals surface area contributed by atoms with E-state index < -0.39 is 10.0 Å². The Bertz CT molecular complexity index is 624. The number of sulfonamides is 1. The predicted molar refractivity (Wildman–Crippen MR) is 65.9 cm³/mol. The largest absolute Gasteiger partial charge is 0.240 e. The Hall–Kier alpha value is -1.89. The maximum atomic E-state index is 11.9. The summed E-state index contributed by atoms with van der Waals surface area (Å²) in [5.74, 6) is -0.390. The first-order chi connectivity index (χ1) is 8.40. The van der Waals surface area contributed by atoms with Crippen molar-refractivity contribution in [3.8, 4) is 12.1 Å². The zero-order valence-corrected chi connectivity index (χ0v) is 11.0. The first-order valence-electron chi connectivity index (χ1n) is 5.30. The molecule has 0 spiro atoms. The van der Waals surface area contributed by atoms with Gasteiger partial charge in [0.1, 0.15) is 0 Å². The quantitative estimate of drug-likeness (QED) is 0.886. The molecule has 5 nitrogen and oxygen atoms in total. The molecule has 0 aliphatic rings. The number of hydrogen-bond donors (Lipinski definition) is 1. The van der Waals surface area contributed by atoms with E-state index >= 15 is 0 Å². The van der Waals surface area contributed by atoms with Crippen molar-refractivity contribution in [1.82, 2.24) is 4.72 Å². The van der Waals surface area contributed by atoms with Gasteiger partial charge in [0.15, 0.2) is 0 Å². The fourth-order valence-corrected chi connectivity index (χ4v) is 2.51. The number of nitriles is 2. The third kappa shape index (κ3) is 3.30. The smallest absolute Gasteiger partial charge is 0.210 e. The second kappa shape index (κ2) is 5.63. The fourth-order valence-electron chi connectivity index (χ4n) is 1.29. The van der Waals surface area contributed by atoms with Crippen LogP contribution in [0.3, 0.4) is 0 Å². The van der Waals surface area contributed by atoms with E-state index in [9.17, 15) is 8.42 Å². The SMILES string of the molecule is Cc1cc(S(=O)(=O)NCC(C)C#N)ccc1C#N. The molecular weight excluding hydrogens is 250 g/mol. The Kier molecular flexibility index (Phi) is 4.43. The van der Waals surface area contributed by atoms with Crippen LogP contribution < -0.4 is 4.72 Å². The van der Waals surface area contributed by atoms with Crippen LogP contribution in [0.4, 0.5) is 0 Å². The van der Waals surface area contributed by atoms with Gasteiger partial charge in [-0.2, -0.15) is 10.5 Å². The van der Waals surface area contributed by atoms with E-state index in [1.165, 1.54) is 18.2 Å². The number of aryl methyl sites for hydroxylation is 1. The minimum Gasteiger partial charge on any atom is -0.210 e. The number of hydrogen-bond acceptors (Lipinski definition) is 4. The average molecular weight is 263 g/mol. The summed E-state index contributed by atoms with van der Waals surface area (Å²) in [7, 11) is -3.62. The molecule has 0 saturated carbocycles. The monoisotopic (exact) mass is 263 g/mol. The van der Waals surface area contributed by atoms with Crippen LogP contribution in [-0.4, -0.2) is 15.0 Å². The van der Waals surface area contributed by atoms with Gasteiger partial charge < -0.3 is 0 Å². The molecule has 0 aliphatic carbocycles. The highest BCUT2D eigenvalue weighted by Crippen LogP contribution is 2.14. The molecule has 1 atom stereocenters. The first-order valence-corrected chi connectivity index (χ1v) is 6.79. The summed E-state index contributed by atoms with van der Waals surface area (Å²) in [5.41, 5.74) is 1.05. The number of nitrogens with zero attached hydrogens (tertiary/aromatic N) is 2. The Balaban J connectivity index is 2.97. The third-order valence-electron chi connectivity index (χ3n) is 2.43. The third-order valence-corrected chi connectivity index (χ3v) is 3.85. The van der Waals surface area contributed by atoms with Gasteiger partial charge >= 0.3 is 0 Å². The Labute approximate surface area is 107 Å². The normalized spacial score (nSPS) is 12.4. The lowest BCUT2D eigenvalue weighted by Gasteiger charge is -2.08. The van der Waals surface area contributed by atoms with E-state index in [4.69, 9.17) is 10.5 Å². The predicted octanol–water partition coefficient (Wildman–Crippen LogP) is 1.30. The zero-order chi connectivity index (χ0) is 13.8. The Morgan fingerprint density at radius 1 is 1.39 bits per heavy atom. The van der Waals surface area contributed by atoms with Crippen molar-refractivity contribution in [2.45, 2.75) is 18.7 Å². The summed E-state index contributed by atoms with van der Waals surface area (Å²) >= 11 is 0. The summed E-state index contributed by atoms with van der Waals surface area (Å²) in [6, 6.07) is 8.22. The van der Waals surface area contributed by atoms with Crippen LogP contribution in [-0.2, 0) is 10.0 Å². The standard InChI is InChI=1S/C12H13N3O2S/c1-9(6-13)8-15-18(16,17)12-4-3-11(7-14)10(2)5-12/h3-5,9,15H,8H2,1-2H3. The molecule has 0 radical (unpaired) electrons. The molecule has 1 rings (SSSR count). The fraction of sp³-hybridized carbons (Fsp3) is 0.333. The minimum atomic E-state index is -3.62. The van der Waals surface area contributed by atoms with Crippen LogP contribution in [0.1, 0.15) is 18.1 Å². The molecule has 94 valence electrons.